The fourth-order valence-corrected chi connectivity index (χ4v) is 3.66. The Morgan fingerprint density at radius 2 is 2.08 bits per heavy atom. The summed E-state index contributed by atoms with van der Waals surface area (Å²) in [6.07, 6.45) is 0. The maximum absolute atomic E-state index is 12.2. The van der Waals surface area contributed by atoms with Gasteiger partial charge in [0.05, 0.1) is 16.8 Å². The van der Waals surface area contributed by atoms with Gasteiger partial charge in [-0.3, -0.25) is 4.79 Å². The van der Waals surface area contributed by atoms with Gasteiger partial charge >= 0.3 is 0 Å². The third kappa shape index (κ3) is 3.57. The summed E-state index contributed by atoms with van der Waals surface area (Å²) in [6, 6.07) is 13.4. The lowest BCUT2D eigenvalue weighted by molar-refractivity contribution is -0.113. The Morgan fingerprint density at radius 3 is 2.83 bits per heavy atom. The number of nitrogens with one attached hydrogen (secondary N) is 1. The first-order chi connectivity index (χ1) is 11.6. The van der Waals surface area contributed by atoms with E-state index in [1.165, 1.54) is 11.8 Å². The van der Waals surface area contributed by atoms with E-state index in [0.717, 1.165) is 34.0 Å². The topological polar surface area (TPSA) is 46.9 Å². The molecule has 1 aromatic heterocycles. The van der Waals surface area contributed by atoms with Crippen LogP contribution in [-0.4, -0.2) is 21.2 Å². The lowest BCUT2D eigenvalue weighted by atomic mass is 10.2. The van der Waals surface area contributed by atoms with Crippen molar-refractivity contribution in [3.63, 3.8) is 0 Å². The van der Waals surface area contributed by atoms with Gasteiger partial charge in [-0.1, -0.05) is 35.5 Å². The predicted octanol–water partition coefficient (Wildman–Crippen LogP) is 4.75. The van der Waals surface area contributed by atoms with Crippen molar-refractivity contribution in [2.75, 3.05) is 11.1 Å². The fourth-order valence-electron chi connectivity index (χ4n) is 2.55. The molecule has 0 saturated carbocycles. The number of carbonyl (C=O) groups excluding carboxylic acids is 1. The monoisotopic (exact) mass is 359 g/mol. The van der Waals surface area contributed by atoms with Crippen molar-refractivity contribution in [3.05, 3.63) is 53.1 Å². The van der Waals surface area contributed by atoms with Crippen molar-refractivity contribution >= 4 is 46.0 Å². The van der Waals surface area contributed by atoms with Crippen LogP contribution in [0, 0.1) is 6.92 Å². The Balaban J connectivity index is 1.70. The number of thioether (sulfide) groups is 1. The van der Waals surface area contributed by atoms with Crippen molar-refractivity contribution < 1.29 is 4.79 Å². The smallest absolute Gasteiger partial charge is 0.234 e. The SMILES string of the molecule is CCn1c(SCC(=O)Nc2ccc(Cl)cc2C)nc2ccccc21. The summed E-state index contributed by atoms with van der Waals surface area (Å²) < 4.78 is 2.13. The summed E-state index contributed by atoms with van der Waals surface area (Å²) in [5.41, 5.74) is 3.78. The number of carbonyl (C=O) groups is 1. The largest absolute Gasteiger partial charge is 0.325 e. The molecule has 0 radical (unpaired) electrons. The normalized spacial score (nSPS) is 11.0. The number of rotatable bonds is 5. The van der Waals surface area contributed by atoms with Gasteiger partial charge in [-0.2, -0.15) is 0 Å². The number of anilines is 1. The van der Waals surface area contributed by atoms with Crippen LogP contribution in [0.4, 0.5) is 5.69 Å². The number of imidazole rings is 1. The molecule has 0 saturated heterocycles. The van der Waals surface area contributed by atoms with Gasteiger partial charge in [-0.05, 0) is 49.7 Å². The summed E-state index contributed by atoms with van der Waals surface area (Å²) >= 11 is 7.39. The van der Waals surface area contributed by atoms with E-state index >= 15 is 0 Å². The maximum atomic E-state index is 12.2. The van der Waals surface area contributed by atoms with E-state index < -0.39 is 0 Å². The fraction of sp³-hybridized carbons (Fsp3) is 0.222. The van der Waals surface area contributed by atoms with Crippen LogP contribution in [0.3, 0.4) is 0 Å². The minimum Gasteiger partial charge on any atom is -0.325 e. The Bertz CT molecular complexity index is 891. The number of hydrogen-bond acceptors (Lipinski definition) is 3. The van der Waals surface area contributed by atoms with Gasteiger partial charge in [0.15, 0.2) is 5.16 Å². The zero-order valence-electron chi connectivity index (χ0n) is 13.5. The van der Waals surface area contributed by atoms with Gasteiger partial charge in [-0.15, -0.1) is 0 Å². The van der Waals surface area contributed by atoms with Crippen molar-refractivity contribution in [2.24, 2.45) is 0 Å². The average molecular weight is 360 g/mol. The summed E-state index contributed by atoms with van der Waals surface area (Å²) in [5, 5.41) is 4.45. The molecule has 0 fully saturated rings. The first kappa shape index (κ1) is 16.9. The molecule has 1 amide bonds. The summed E-state index contributed by atoms with van der Waals surface area (Å²) in [7, 11) is 0. The number of aryl methyl sites for hydroxylation is 2. The number of amides is 1. The molecular formula is C18H18ClN3OS. The lowest BCUT2D eigenvalue weighted by Gasteiger charge is -2.09. The molecule has 3 rings (SSSR count). The van der Waals surface area contributed by atoms with E-state index in [9.17, 15) is 4.79 Å². The molecule has 0 bridgehead atoms. The first-order valence-electron chi connectivity index (χ1n) is 7.72. The van der Waals surface area contributed by atoms with Crippen LogP contribution < -0.4 is 5.32 Å². The van der Waals surface area contributed by atoms with Gasteiger partial charge in [-0.25, -0.2) is 4.98 Å². The molecule has 1 heterocycles. The third-order valence-corrected chi connectivity index (χ3v) is 4.94. The van der Waals surface area contributed by atoms with Crippen molar-refractivity contribution in [1.82, 2.24) is 9.55 Å². The Hall–Kier alpha value is -1.98. The Morgan fingerprint density at radius 1 is 1.29 bits per heavy atom. The molecule has 0 spiro atoms. The van der Waals surface area contributed by atoms with Gasteiger partial charge in [0.1, 0.15) is 0 Å². The van der Waals surface area contributed by atoms with Gasteiger partial charge in [0.25, 0.3) is 0 Å². The molecule has 3 aromatic rings. The number of aromatic nitrogens is 2. The zero-order chi connectivity index (χ0) is 17.1. The molecule has 4 nitrogen and oxygen atoms in total. The number of fused-ring (bicyclic) bond motifs is 1. The third-order valence-electron chi connectivity index (χ3n) is 3.73. The molecule has 0 unspecified atom stereocenters. The molecule has 24 heavy (non-hydrogen) atoms. The summed E-state index contributed by atoms with van der Waals surface area (Å²) in [5.74, 6) is 0.255. The minimum absolute atomic E-state index is 0.0554. The second-order valence-corrected chi connectivity index (χ2v) is 6.80. The minimum atomic E-state index is -0.0554. The van der Waals surface area contributed by atoms with E-state index in [1.807, 2.05) is 43.3 Å². The van der Waals surface area contributed by atoms with E-state index in [4.69, 9.17) is 11.6 Å². The van der Waals surface area contributed by atoms with Gasteiger partial charge in [0.2, 0.25) is 5.91 Å². The summed E-state index contributed by atoms with van der Waals surface area (Å²) in [6.45, 7) is 4.82. The van der Waals surface area contributed by atoms with E-state index in [2.05, 4.69) is 21.8 Å². The van der Waals surface area contributed by atoms with Crippen LogP contribution in [0.15, 0.2) is 47.6 Å². The Kier molecular flexibility index (Phi) is 5.11. The highest BCUT2D eigenvalue weighted by Crippen LogP contribution is 2.25. The molecule has 1 N–H and O–H groups in total. The average Bonchev–Trinajstić information content (AvgIpc) is 2.93. The predicted molar refractivity (Wildman–Crippen MR) is 101 cm³/mol. The lowest BCUT2D eigenvalue weighted by Crippen LogP contribution is -2.15. The van der Waals surface area contributed by atoms with Gasteiger partial charge < -0.3 is 9.88 Å². The molecule has 6 heteroatoms. The highest BCUT2D eigenvalue weighted by atomic mass is 35.5. The van der Waals surface area contributed by atoms with E-state index in [0.29, 0.717) is 10.8 Å². The number of hydrogen-bond donors (Lipinski definition) is 1. The first-order valence-corrected chi connectivity index (χ1v) is 9.09. The quantitative estimate of drug-likeness (QED) is 0.669. The Labute approximate surface area is 150 Å². The number of halogens is 1. The number of para-hydroxylation sites is 2. The maximum Gasteiger partial charge on any atom is 0.234 e. The second kappa shape index (κ2) is 7.28. The molecular weight excluding hydrogens is 342 g/mol. The van der Waals surface area contributed by atoms with Crippen LogP contribution in [0.5, 0.6) is 0 Å². The summed E-state index contributed by atoms with van der Waals surface area (Å²) in [4.78, 5) is 16.9. The molecule has 0 atom stereocenters. The van der Waals surface area contributed by atoms with Gasteiger partial charge in [0, 0.05) is 17.3 Å². The van der Waals surface area contributed by atoms with Crippen molar-refractivity contribution in [3.8, 4) is 0 Å². The number of benzene rings is 2. The zero-order valence-corrected chi connectivity index (χ0v) is 15.1. The molecule has 0 aliphatic rings. The highest BCUT2D eigenvalue weighted by molar-refractivity contribution is 7.99. The van der Waals surface area contributed by atoms with E-state index in [1.54, 1.807) is 6.07 Å². The second-order valence-electron chi connectivity index (χ2n) is 5.42. The van der Waals surface area contributed by atoms with Crippen LogP contribution >= 0.6 is 23.4 Å². The molecule has 0 aliphatic heterocycles. The van der Waals surface area contributed by atoms with Crippen molar-refractivity contribution in [1.29, 1.82) is 0 Å². The van der Waals surface area contributed by atoms with Crippen LogP contribution in [0.1, 0.15) is 12.5 Å². The molecule has 0 aliphatic carbocycles. The van der Waals surface area contributed by atoms with Crippen LogP contribution in [-0.2, 0) is 11.3 Å². The standard InChI is InChI=1S/C18H18ClN3OS/c1-3-22-16-7-5-4-6-15(16)21-18(22)24-11-17(23)20-14-9-8-13(19)10-12(14)2/h4-10H,3,11H2,1-2H3,(H,20,23). The highest BCUT2D eigenvalue weighted by Gasteiger charge is 2.12. The van der Waals surface area contributed by atoms with Crippen molar-refractivity contribution in [2.45, 2.75) is 25.5 Å². The van der Waals surface area contributed by atoms with E-state index in [-0.39, 0.29) is 5.91 Å². The van der Waals surface area contributed by atoms with Crippen LogP contribution in [0.25, 0.3) is 11.0 Å². The number of nitrogens with zero attached hydrogens (tertiary/aromatic N) is 2. The molecule has 124 valence electrons. The van der Waals surface area contributed by atoms with Crippen LogP contribution in [0.2, 0.25) is 5.02 Å². The molecule has 2 aromatic carbocycles.